The molecule has 1 aliphatic carbocycles. The van der Waals surface area contributed by atoms with E-state index in [4.69, 9.17) is 9.47 Å². The summed E-state index contributed by atoms with van der Waals surface area (Å²) in [6.07, 6.45) is 0.130. The number of carbonyl (C=O) groups is 2. The molecule has 42 heavy (non-hydrogen) atoms. The van der Waals surface area contributed by atoms with Crippen LogP contribution in [0.25, 0.3) is 16.9 Å². The lowest BCUT2D eigenvalue weighted by molar-refractivity contribution is -0.127. The number of anilines is 1. The van der Waals surface area contributed by atoms with Gasteiger partial charge in [0.05, 0.1) is 24.2 Å². The summed E-state index contributed by atoms with van der Waals surface area (Å²) in [4.78, 5) is 41.7. The van der Waals surface area contributed by atoms with Gasteiger partial charge in [0.15, 0.2) is 5.82 Å². The van der Waals surface area contributed by atoms with Gasteiger partial charge in [0, 0.05) is 57.5 Å². The van der Waals surface area contributed by atoms with Crippen molar-refractivity contribution in [2.45, 2.75) is 44.6 Å². The van der Waals surface area contributed by atoms with Crippen LogP contribution in [0, 0.1) is 11.8 Å². The summed E-state index contributed by atoms with van der Waals surface area (Å²) in [7, 11) is 1.78. The number of alkyl halides is 2. The summed E-state index contributed by atoms with van der Waals surface area (Å²) in [5.74, 6) is 0.704. The number of imidazole rings is 1. The number of hydrogen-bond donors (Lipinski definition) is 1. The van der Waals surface area contributed by atoms with Crippen LogP contribution in [0.1, 0.15) is 44.4 Å². The van der Waals surface area contributed by atoms with Crippen LogP contribution in [0.2, 0.25) is 0 Å². The molecule has 1 atom stereocenters. The highest BCUT2D eigenvalue weighted by Crippen LogP contribution is 2.32. The fraction of sp³-hybridized carbons (Fsp3) is 0.552. The number of aromatic nitrogens is 4. The first-order valence-corrected chi connectivity index (χ1v) is 14.5. The van der Waals surface area contributed by atoms with Gasteiger partial charge in [0.1, 0.15) is 11.9 Å². The Hall–Kier alpha value is -3.87. The minimum atomic E-state index is -2.81. The largest absolute Gasteiger partial charge is 0.474 e. The monoisotopic (exact) mass is 583 g/mol. The molecular formula is C29H35F2N7O4. The van der Waals surface area contributed by atoms with E-state index >= 15 is 0 Å². The van der Waals surface area contributed by atoms with E-state index in [0.717, 1.165) is 0 Å². The van der Waals surface area contributed by atoms with E-state index in [2.05, 4.69) is 20.3 Å². The number of likely N-dealkylation sites (tertiary alicyclic amines) is 1. The Kier molecular flexibility index (Phi) is 8.18. The maximum Gasteiger partial charge on any atom is 0.296 e. The second-order valence-corrected chi connectivity index (χ2v) is 11.2. The van der Waals surface area contributed by atoms with Gasteiger partial charge >= 0.3 is 0 Å². The van der Waals surface area contributed by atoms with Crippen LogP contribution in [0.5, 0.6) is 5.88 Å². The molecule has 11 nitrogen and oxygen atoms in total. The maximum absolute atomic E-state index is 14.1. The van der Waals surface area contributed by atoms with Crippen LogP contribution in [0.15, 0.2) is 30.3 Å². The van der Waals surface area contributed by atoms with Gasteiger partial charge in [-0.25, -0.2) is 13.8 Å². The standard InChI is InChI=1S/C29H35F2N7O4/c1-36-17-18(14-25(36)39)16-32-28(40)19-6-8-20(9-7-19)42-24-15-23(34-29(35-24)37-10-12-41-13-11-37)38-22-5-3-2-4-21(22)33-27(38)26(30)31/h2-5,15,18-20,26H,6-14,16-17H2,1H3,(H,32,40). The number of ether oxygens (including phenoxy) is 2. The van der Waals surface area contributed by atoms with Crippen LogP contribution < -0.4 is 15.0 Å². The molecule has 3 fully saturated rings. The highest BCUT2D eigenvalue weighted by molar-refractivity contribution is 5.80. The lowest BCUT2D eigenvalue weighted by Gasteiger charge is -2.30. The number of morpholine rings is 1. The zero-order chi connectivity index (χ0) is 29.2. The first-order chi connectivity index (χ1) is 20.4. The molecule has 4 heterocycles. The van der Waals surface area contributed by atoms with E-state index < -0.39 is 12.2 Å². The van der Waals surface area contributed by atoms with Gasteiger partial charge < -0.3 is 24.6 Å². The van der Waals surface area contributed by atoms with Crippen molar-refractivity contribution in [1.82, 2.24) is 29.7 Å². The summed E-state index contributed by atoms with van der Waals surface area (Å²) >= 11 is 0. The topological polar surface area (TPSA) is 115 Å². The third-order valence-electron chi connectivity index (χ3n) is 8.30. The van der Waals surface area contributed by atoms with Gasteiger partial charge in [-0.05, 0) is 37.8 Å². The first kappa shape index (κ1) is 28.3. The van der Waals surface area contributed by atoms with Crippen molar-refractivity contribution in [2.24, 2.45) is 11.8 Å². The maximum atomic E-state index is 14.1. The minimum Gasteiger partial charge on any atom is -0.474 e. The Labute approximate surface area is 242 Å². The van der Waals surface area contributed by atoms with Crippen LogP contribution in [0.3, 0.4) is 0 Å². The molecule has 0 spiro atoms. The van der Waals surface area contributed by atoms with Gasteiger partial charge in [0.2, 0.25) is 23.6 Å². The third-order valence-corrected chi connectivity index (χ3v) is 8.30. The van der Waals surface area contributed by atoms with E-state index in [9.17, 15) is 18.4 Å². The number of nitrogens with one attached hydrogen (secondary N) is 1. The summed E-state index contributed by atoms with van der Waals surface area (Å²) < 4.78 is 41.4. The smallest absolute Gasteiger partial charge is 0.296 e. The first-order valence-electron chi connectivity index (χ1n) is 14.5. The van der Waals surface area contributed by atoms with Gasteiger partial charge in [-0.3, -0.25) is 14.2 Å². The van der Waals surface area contributed by atoms with E-state index in [-0.39, 0.29) is 35.6 Å². The molecule has 3 aromatic rings. The summed E-state index contributed by atoms with van der Waals surface area (Å²) in [5, 5.41) is 3.03. The van der Waals surface area contributed by atoms with Crippen LogP contribution >= 0.6 is 0 Å². The van der Waals surface area contributed by atoms with E-state index in [1.54, 1.807) is 42.3 Å². The third kappa shape index (κ3) is 6.01. The SMILES string of the molecule is CN1CC(CNC(=O)C2CCC(Oc3cc(-n4c(C(F)F)nc5ccccc54)nc(N4CCOCC4)n3)CC2)CC1=O. The highest BCUT2D eigenvalue weighted by Gasteiger charge is 2.31. The minimum absolute atomic E-state index is 0.0147. The van der Waals surface area contributed by atoms with Crippen molar-refractivity contribution in [1.29, 1.82) is 0 Å². The molecule has 3 aliphatic rings. The van der Waals surface area contributed by atoms with Gasteiger partial charge in [-0.15, -0.1) is 0 Å². The molecule has 0 radical (unpaired) electrons. The number of benzene rings is 1. The van der Waals surface area contributed by atoms with Crippen LogP contribution in [-0.4, -0.2) is 88.8 Å². The Morgan fingerprint density at radius 3 is 2.60 bits per heavy atom. The molecule has 1 saturated carbocycles. The molecule has 1 unspecified atom stereocenters. The van der Waals surface area contributed by atoms with Crippen molar-refractivity contribution in [3.63, 3.8) is 0 Å². The summed E-state index contributed by atoms with van der Waals surface area (Å²) in [6.45, 7) is 3.34. The average Bonchev–Trinajstić information content (AvgIpc) is 3.56. The average molecular weight is 584 g/mol. The highest BCUT2D eigenvalue weighted by atomic mass is 19.3. The second kappa shape index (κ2) is 12.2. The van der Waals surface area contributed by atoms with Crippen molar-refractivity contribution in [3.05, 3.63) is 36.2 Å². The zero-order valence-corrected chi connectivity index (χ0v) is 23.5. The van der Waals surface area contributed by atoms with Crippen molar-refractivity contribution >= 4 is 28.8 Å². The van der Waals surface area contributed by atoms with Crippen molar-refractivity contribution in [2.75, 3.05) is 51.3 Å². The molecular weight excluding hydrogens is 548 g/mol. The number of halogens is 2. The number of carbonyl (C=O) groups excluding carboxylic acids is 2. The molecule has 224 valence electrons. The molecule has 0 bridgehead atoms. The number of hydrogen-bond acceptors (Lipinski definition) is 8. The van der Waals surface area contributed by atoms with E-state index in [0.29, 0.717) is 94.4 Å². The van der Waals surface area contributed by atoms with Crippen LogP contribution in [-0.2, 0) is 14.3 Å². The lowest BCUT2D eigenvalue weighted by atomic mass is 9.86. The molecule has 6 rings (SSSR count). The fourth-order valence-corrected chi connectivity index (χ4v) is 6.01. The van der Waals surface area contributed by atoms with Crippen molar-refractivity contribution < 1.29 is 27.8 Å². The Morgan fingerprint density at radius 2 is 1.88 bits per heavy atom. The molecule has 2 amide bonds. The number of para-hydroxylation sites is 2. The predicted octanol–water partition coefficient (Wildman–Crippen LogP) is 3.12. The van der Waals surface area contributed by atoms with E-state index in [1.165, 1.54) is 4.57 Å². The van der Waals surface area contributed by atoms with E-state index in [1.807, 2.05) is 4.90 Å². The second-order valence-electron chi connectivity index (χ2n) is 11.2. The molecule has 1 N–H and O–H groups in total. The van der Waals surface area contributed by atoms with Crippen molar-refractivity contribution in [3.8, 4) is 11.7 Å². The Bertz CT molecular complexity index is 1440. The normalized spacial score (nSPS) is 23.1. The Balaban J connectivity index is 1.18. The van der Waals surface area contributed by atoms with Crippen LogP contribution in [0.4, 0.5) is 14.7 Å². The van der Waals surface area contributed by atoms with Gasteiger partial charge in [0.25, 0.3) is 6.43 Å². The number of fused-ring (bicyclic) bond motifs is 1. The summed E-state index contributed by atoms with van der Waals surface area (Å²) in [5.41, 5.74) is 0.968. The molecule has 13 heteroatoms. The zero-order valence-electron chi connectivity index (χ0n) is 23.5. The number of nitrogens with zero attached hydrogens (tertiary/aromatic N) is 6. The van der Waals surface area contributed by atoms with Gasteiger partial charge in [-0.2, -0.15) is 9.97 Å². The fourth-order valence-electron chi connectivity index (χ4n) is 6.01. The molecule has 2 aromatic heterocycles. The number of rotatable bonds is 8. The summed E-state index contributed by atoms with van der Waals surface area (Å²) in [6, 6.07) is 8.55. The quantitative estimate of drug-likeness (QED) is 0.430. The predicted molar refractivity (Wildman–Crippen MR) is 150 cm³/mol. The Morgan fingerprint density at radius 1 is 1.12 bits per heavy atom. The lowest BCUT2D eigenvalue weighted by Crippen LogP contribution is -2.38. The molecule has 2 aliphatic heterocycles. The molecule has 2 saturated heterocycles. The molecule has 1 aromatic carbocycles. The number of amides is 2. The van der Waals surface area contributed by atoms with Gasteiger partial charge in [-0.1, -0.05) is 12.1 Å².